The molecule has 0 saturated heterocycles. The molecule has 1 heterocycles. The molecule has 0 atom stereocenters. The molecule has 0 unspecified atom stereocenters. The quantitative estimate of drug-likeness (QED) is 0.412. The largest absolute Gasteiger partial charge is 0.325 e. The van der Waals surface area contributed by atoms with Crippen molar-refractivity contribution >= 4 is 24.6 Å². The van der Waals surface area contributed by atoms with E-state index < -0.39 is 7.60 Å². The molecule has 1 rings (SSSR count). The van der Waals surface area contributed by atoms with Crippen molar-refractivity contribution in [2.45, 2.75) is 71.1 Å². The molecule has 0 saturated carbocycles. The maximum absolute atomic E-state index is 10.6. The first-order chi connectivity index (χ1) is 10.5. The van der Waals surface area contributed by atoms with Gasteiger partial charge in [-0.05, 0) is 6.42 Å². The van der Waals surface area contributed by atoms with Gasteiger partial charge in [0.15, 0.2) is 0 Å². The zero-order valence-electron chi connectivity index (χ0n) is 14.4. The Bertz CT molecular complexity index is 385. The van der Waals surface area contributed by atoms with E-state index in [1.807, 2.05) is 7.05 Å². The Kier molecular flexibility index (Phi) is 18.1. The van der Waals surface area contributed by atoms with Crippen LogP contribution in [0.25, 0.3) is 0 Å². The average molecular weight is 414 g/mol. The number of aryl methyl sites for hydroxylation is 1. The van der Waals surface area contributed by atoms with Gasteiger partial charge in [0.25, 0.3) is 0 Å². The number of rotatable bonds is 11. The van der Waals surface area contributed by atoms with Crippen LogP contribution in [0.5, 0.6) is 0 Å². The molecule has 0 amide bonds. The zero-order chi connectivity index (χ0) is 16.7. The number of nitrogens with zero attached hydrogens (tertiary/aromatic N) is 3. The summed E-state index contributed by atoms with van der Waals surface area (Å²) in [5.74, 6) is 0. The van der Waals surface area contributed by atoms with Crippen LogP contribution in [-0.4, -0.2) is 30.9 Å². The van der Waals surface area contributed by atoms with Gasteiger partial charge >= 0.3 is 7.60 Å². The van der Waals surface area contributed by atoms with E-state index in [9.17, 15) is 4.57 Å². The molecule has 8 heteroatoms. The van der Waals surface area contributed by atoms with Gasteiger partial charge < -0.3 is 9.79 Å². The van der Waals surface area contributed by atoms with E-state index in [4.69, 9.17) is 9.79 Å². The number of hydrogen-bond acceptors (Lipinski definition) is 3. The second kappa shape index (κ2) is 16.6. The molecule has 2 N–H and O–H groups in total. The van der Waals surface area contributed by atoms with Crippen molar-refractivity contribution in [3.8, 4) is 0 Å². The van der Waals surface area contributed by atoms with Crippen LogP contribution in [0.15, 0.2) is 12.4 Å². The summed E-state index contributed by atoms with van der Waals surface area (Å²) in [6, 6.07) is 0. The fourth-order valence-corrected chi connectivity index (χ4v) is 2.71. The van der Waals surface area contributed by atoms with E-state index in [1.165, 1.54) is 44.9 Å². The standard InChI is InChI=1S/C12H27O3P.C3H5N3.BrH/c1-2-3-4-5-6-7-8-9-10-11-12-16(13,14)15;1-6-3-2-4-5-6;/h2-12H2,1H3,(H2,13,14,15);2-3H,1H3;1H. The van der Waals surface area contributed by atoms with Gasteiger partial charge in [0, 0.05) is 19.4 Å². The minimum atomic E-state index is -3.74. The van der Waals surface area contributed by atoms with Crippen LogP contribution >= 0.6 is 24.6 Å². The van der Waals surface area contributed by atoms with Crippen molar-refractivity contribution < 1.29 is 14.4 Å². The molecular formula is C15H33BrN3O3P. The lowest BCUT2D eigenvalue weighted by Crippen LogP contribution is -1.88. The normalized spacial score (nSPS) is 10.6. The molecule has 6 nitrogen and oxygen atoms in total. The second-order valence-electron chi connectivity index (χ2n) is 5.65. The first-order valence-corrected chi connectivity index (χ1v) is 10.1. The minimum Gasteiger partial charge on any atom is -0.324 e. The maximum Gasteiger partial charge on any atom is 0.325 e. The molecular weight excluding hydrogens is 381 g/mol. The zero-order valence-corrected chi connectivity index (χ0v) is 17.0. The summed E-state index contributed by atoms with van der Waals surface area (Å²) in [6.07, 6.45) is 15.4. The highest BCUT2D eigenvalue weighted by Gasteiger charge is 2.10. The van der Waals surface area contributed by atoms with Crippen LogP contribution < -0.4 is 0 Å². The Balaban J connectivity index is 0. The van der Waals surface area contributed by atoms with Gasteiger partial charge in [-0.15, -0.1) is 22.1 Å². The maximum atomic E-state index is 10.6. The first kappa shape index (κ1) is 25.0. The molecule has 1 aromatic rings. The lowest BCUT2D eigenvalue weighted by molar-refractivity contribution is 0.370. The summed E-state index contributed by atoms with van der Waals surface area (Å²) in [5, 5.41) is 7.12. The van der Waals surface area contributed by atoms with Gasteiger partial charge in [-0.25, -0.2) is 0 Å². The van der Waals surface area contributed by atoms with Crippen molar-refractivity contribution in [3.05, 3.63) is 12.4 Å². The van der Waals surface area contributed by atoms with Crippen LogP contribution in [0, 0.1) is 0 Å². The van der Waals surface area contributed by atoms with E-state index in [2.05, 4.69) is 17.2 Å². The van der Waals surface area contributed by atoms with E-state index in [0.29, 0.717) is 6.42 Å². The smallest absolute Gasteiger partial charge is 0.324 e. The molecule has 23 heavy (non-hydrogen) atoms. The van der Waals surface area contributed by atoms with Gasteiger partial charge in [0.1, 0.15) is 0 Å². The van der Waals surface area contributed by atoms with Crippen molar-refractivity contribution in [2.24, 2.45) is 7.05 Å². The third kappa shape index (κ3) is 21.8. The average Bonchev–Trinajstić information content (AvgIpc) is 2.91. The van der Waals surface area contributed by atoms with Gasteiger partial charge in [-0.1, -0.05) is 69.9 Å². The van der Waals surface area contributed by atoms with Gasteiger partial charge in [0.2, 0.25) is 0 Å². The van der Waals surface area contributed by atoms with E-state index in [-0.39, 0.29) is 23.1 Å². The Morgan fingerprint density at radius 3 is 1.74 bits per heavy atom. The van der Waals surface area contributed by atoms with Crippen LogP contribution in [0.1, 0.15) is 71.1 Å². The number of unbranched alkanes of at least 4 members (excludes halogenated alkanes) is 9. The fraction of sp³-hybridized carbons (Fsp3) is 0.867. The van der Waals surface area contributed by atoms with Gasteiger partial charge in [-0.3, -0.25) is 9.25 Å². The predicted octanol–water partition coefficient (Wildman–Crippen LogP) is 4.48. The summed E-state index contributed by atoms with van der Waals surface area (Å²) in [7, 11) is -1.91. The number of aromatic nitrogens is 3. The minimum absolute atomic E-state index is 0. The Labute approximate surface area is 151 Å². The highest BCUT2D eigenvalue weighted by molar-refractivity contribution is 8.93. The topological polar surface area (TPSA) is 88.2 Å². The van der Waals surface area contributed by atoms with Crippen LogP contribution in [0.4, 0.5) is 0 Å². The molecule has 138 valence electrons. The summed E-state index contributed by atoms with van der Waals surface area (Å²) in [6.45, 7) is 2.22. The molecule has 0 radical (unpaired) electrons. The molecule has 0 aliphatic heterocycles. The molecule has 0 aliphatic rings. The van der Waals surface area contributed by atoms with Crippen LogP contribution in [0.2, 0.25) is 0 Å². The SMILES string of the molecule is Br.CCCCCCCCCCCCP(=O)(O)O.Cn1ccnn1. The van der Waals surface area contributed by atoms with E-state index in [1.54, 1.807) is 17.1 Å². The number of hydrogen-bond donors (Lipinski definition) is 2. The van der Waals surface area contributed by atoms with Gasteiger partial charge in [0.05, 0.1) is 6.20 Å². The Morgan fingerprint density at radius 2 is 1.43 bits per heavy atom. The second-order valence-corrected chi connectivity index (χ2v) is 7.42. The van der Waals surface area contributed by atoms with E-state index in [0.717, 1.165) is 12.8 Å². The monoisotopic (exact) mass is 413 g/mol. The summed E-state index contributed by atoms with van der Waals surface area (Å²) in [4.78, 5) is 17.3. The highest BCUT2D eigenvalue weighted by Crippen LogP contribution is 2.35. The third-order valence-corrected chi connectivity index (χ3v) is 4.24. The van der Waals surface area contributed by atoms with Crippen molar-refractivity contribution in [3.63, 3.8) is 0 Å². The van der Waals surface area contributed by atoms with Crippen LogP contribution in [-0.2, 0) is 11.6 Å². The molecule has 0 spiro atoms. The highest BCUT2D eigenvalue weighted by atomic mass is 79.9. The Morgan fingerprint density at radius 1 is 0.957 bits per heavy atom. The molecule has 0 bridgehead atoms. The summed E-state index contributed by atoms with van der Waals surface area (Å²) >= 11 is 0. The predicted molar refractivity (Wildman–Crippen MR) is 100 cm³/mol. The fourth-order valence-electron chi connectivity index (χ4n) is 2.07. The summed E-state index contributed by atoms with van der Waals surface area (Å²) in [5.41, 5.74) is 0. The first-order valence-electron chi connectivity index (χ1n) is 8.30. The van der Waals surface area contributed by atoms with E-state index >= 15 is 0 Å². The van der Waals surface area contributed by atoms with Crippen molar-refractivity contribution in [2.75, 3.05) is 6.16 Å². The van der Waals surface area contributed by atoms with Gasteiger partial charge in [-0.2, -0.15) is 0 Å². The number of halogens is 1. The lowest BCUT2D eigenvalue weighted by Gasteiger charge is -2.03. The molecule has 0 aliphatic carbocycles. The molecule has 0 fully saturated rings. The third-order valence-electron chi connectivity index (χ3n) is 3.34. The lowest BCUT2D eigenvalue weighted by atomic mass is 10.1. The van der Waals surface area contributed by atoms with Crippen LogP contribution in [0.3, 0.4) is 0 Å². The summed E-state index contributed by atoms with van der Waals surface area (Å²) < 4.78 is 12.2. The van der Waals surface area contributed by atoms with Crippen molar-refractivity contribution in [1.82, 2.24) is 15.0 Å². The Hall–Kier alpha value is -0.230. The van der Waals surface area contributed by atoms with Crippen molar-refractivity contribution in [1.29, 1.82) is 0 Å². The molecule has 0 aromatic carbocycles. The molecule has 1 aromatic heterocycles.